The van der Waals surface area contributed by atoms with Gasteiger partial charge in [0.2, 0.25) is 17.7 Å². The second-order valence-electron chi connectivity index (χ2n) is 7.41. The summed E-state index contributed by atoms with van der Waals surface area (Å²) >= 11 is 0. The summed E-state index contributed by atoms with van der Waals surface area (Å²) in [6.07, 6.45) is 0.0244. The number of nitrogens with two attached hydrogens (primary N) is 1. The Morgan fingerprint density at radius 3 is 2.47 bits per heavy atom. The molecule has 1 aliphatic rings. The van der Waals surface area contributed by atoms with Crippen molar-refractivity contribution >= 4 is 33.2 Å². The van der Waals surface area contributed by atoms with Crippen LogP contribution in [-0.2, 0) is 30.6 Å². The highest BCUT2D eigenvalue weighted by Gasteiger charge is 2.32. The van der Waals surface area contributed by atoms with Crippen LogP contribution in [0.2, 0.25) is 0 Å². The third-order valence-corrected chi connectivity index (χ3v) is 6.81. The van der Waals surface area contributed by atoms with Crippen LogP contribution in [0.4, 0.5) is 5.69 Å². The lowest BCUT2D eigenvalue weighted by molar-refractivity contribution is -0.128. The normalized spacial score (nSPS) is 15.9. The van der Waals surface area contributed by atoms with E-state index in [1.807, 2.05) is 30.3 Å². The van der Waals surface area contributed by atoms with Crippen LogP contribution in [0, 0.1) is 0 Å². The fourth-order valence-corrected chi connectivity index (χ4v) is 4.92. The van der Waals surface area contributed by atoms with Gasteiger partial charge in [-0.25, -0.2) is 8.42 Å². The number of nitrogens with one attached hydrogen (secondary N) is 2. The highest BCUT2D eigenvalue weighted by molar-refractivity contribution is 7.91. The molecule has 9 nitrogen and oxygen atoms in total. The van der Waals surface area contributed by atoms with Crippen LogP contribution in [0.5, 0.6) is 0 Å². The molecule has 0 saturated carbocycles. The van der Waals surface area contributed by atoms with Crippen LogP contribution < -0.4 is 21.3 Å². The summed E-state index contributed by atoms with van der Waals surface area (Å²) in [5, 5.41) is 5.35. The molecule has 32 heavy (non-hydrogen) atoms. The van der Waals surface area contributed by atoms with Crippen LogP contribution >= 0.6 is 0 Å². The molecule has 0 bridgehead atoms. The van der Waals surface area contributed by atoms with E-state index in [1.165, 1.54) is 12.1 Å². The summed E-state index contributed by atoms with van der Waals surface area (Å²) in [7, 11) is -3.64. The Hall–Kier alpha value is -3.24. The van der Waals surface area contributed by atoms with Crippen LogP contribution in [0.25, 0.3) is 0 Å². The van der Waals surface area contributed by atoms with Gasteiger partial charge in [-0.2, -0.15) is 0 Å². The summed E-state index contributed by atoms with van der Waals surface area (Å²) in [5.41, 5.74) is 6.47. The first kappa shape index (κ1) is 23.4. The molecule has 0 fully saturated rings. The molecule has 1 heterocycles. The molecule has 0 aliphatic carbocycles. The van der Waals surface area contributed by atoms with Gasteiger partial charge in [0.15, 0.2) is 9.84 Å². The number of nitrogens with zero attached hydrogens (tertiary/aromatic N) is 1. The van der Waals surface area contributed by atoms with Crippen molar-refractivity contribution in [3.8, 4) is 0 Å². The number of amides is 3. The molecular formula is C22H26N4O5S. The van der Waals surface area contributed by atoms with E-state index in [-0.39, 0.29) is 42.3 Å². The van der Waals surface area contributed by atoms with Crippen LogP contribution in [0.15, 0.2) is 59.5 Å². The number of rotatable bonds is 8. The van der Waals surface area contributed by atoms with Gasteiger partial charge >= 0.3 is 0 Å². The highest BCUT2D eigenvalue weighted by Crippen LogP contribution is 2.29. The minimum absolute atomic E-state index is 0.0141. The van der Waals surface area contributed by atoms with Gasteiger partial charge in [0.05, 0.1) is 16.3 Å². The van der Waals surface area contributed by atoms with E-state index >= 15 is 0 Å². The van der Waals surface area contributed by atoms with Gasteiger partial charge in [-0.1, -0.05) is 42.5 Å². The van der Waals surface area contributed by atoms with E-state index in [4.69, 9.17) is 5.73 Å². The molecular weight excluding hydrogens is 432 g/mol. The molecule has 0 unspecified atom stereocenters. The molecule has 0 aromatic heterocycles. The zero-order valence-electron chi connectivity index (χ0n) is 17.5. The zero-order chi connectivity index (χ0) is 23.1. The smallest absolute Gasteiger partial charge is 0.242 e. The lowest BCUT2D eigenvalue weighted by Crippen LogP contribution is -2.51. The molecule has 10 heteroatoms. The Morgan fingerprint density at radius 2 is 1.75 bits per heavy atom. The first-order chi connectivity index (χ1) is 15.3. The first-order valence-electron chi connectivity index (χ1n) is 10.2. The molecule has 170 valence electrons. The quantitative estimate of drug-likeness (QED) is 0.509. The molecule has 0 spiro atoms. The Morgan fingerprint density at radius 1 is 1.06 bits per heavy atom. The van der Waals surface area contributed by atoms with E-state index in [1.54, 1.807) is 12.1 Å². The van der Waals surface area contributed by atoms with Gasteiger partial charge in [-0.3, -0.25) is 14.4 Å². The van der Waals surface area contributed by atoms with Crippen molar-refractivity contribution in [3.05, 3.63) is 60.2 Å². The topological polar surface area (TPSA) is 139 Å². The number of sulfone groups is 1. The molecule has 3 rings (SSSR count). The summed E-state index contributed by atoms with van der Waals surface area (Å²) in [4.78, 5) is 39.3. The monoisotopic (exact) mass is 458 g/mol. The fraction of sp³-hybridized carbons (Fsp3) is 0.318. The van der Waals surface area contributed by atoms with E-state index in [0.29, 0.717) is 0 Å². The summed E-state index contributed by atoms with van der Waals surface area (Å²) in [6.45, 7) is 0.113. The van der Waals surface area contributed by atoms with Crippen molar-refractivity contribution in [1.29, 1.82) is 0 Å². The molecule has 0 saturated heterocycles. The third-order valence-electron chi connectivity index (χ3n) is 5.06. The molecule has 0 radical (unpaired) electrons. The number of carbonyl (C=O) groups is 3. The Kier molecular flexibility index (Phi) is 7.60. The minimum Gasteiger partial charge on any atom is -0.353 e. The van der Waals surface area contributed by atoms with Crippen molar-refractivity contribution in [2.24, 2.45) is 5.73 Å². The Balaban J connectivity index is 1.80. The molecule has 1 atom stereocenters. The van der Waals surface area contributed by atoms with Crippen LogP contribution in [0.1, 0.15) is 12.0 Å². The van der Waals surface area contributed by atoms with Crippen molar-refractivity contribution in [1.82, 2.24) is 10.6 Å². The maximum atomic E-state index is 12.9. The minimum atomic E-state index is -3.64. The number of benzene rings is 2. The fourth-order valence-electron chi connectivity index (χ4n) is 3.48. The maximum absolute atomic E-state index is 12.9. The van der Waals surface area contributed by atoms with Crippen molar-refractivity contribution in [2.75, 3.05) is 30.3 Å². The number of para-hydroxylation sites is 1. The second kappa shape index (κ2) is 10.4. The number of hydrogen-bond acceptors (Lipinski definition) is 6. The lowest BCUT2D eigenvalue weighted by Gasteiger charge is -2.24. The predicted octanol–water partition coefficient (Wildman–Crippen LogP) is -0.000600. The van der Waals surface area contributed by atoms with Gasteiger partial charge in [-0.15, -0.1) is 0 Å². The second-order valence-corrected chi connectivity index (χ2v) is 9.48. The summed E-state index contributed by atoms with van der Waals surface area (Å²) in [5.74, 6) is -1.76. The van der Waals surface area contributed by atoms with Gasteiger partial charge in [0.25, 0.3) is 0 Å². The van der Waals surface area contributed by atoms with Crippen LogP contribution in [0.3, 0.4) is 0 Å². The standard InChI is InChI=1S/C22H26N4O5S/c23-11-12-24-22(29)17(14-16-6-2-1-3-7-16)25-20(27)15-26-18-8-4-5-9-19(18)32(30,31)13-10-21(26)28/h1-9,17H,10-15,23H2,(H,24,29)(H,25,27)/t17-/m1/s1. The summed E-state index contributed by atoms with van der Waals surface area (Å²) < 4.78 is 25.0. The molecule has 1 aliphatic heterocycles. The highest BCUT2D eigenvalue weighted by atomic mass is 32.2. The Labute approximate surface area is 186 Å². The van der Waals surface area contributed by atoms with Gasteiger partial charge in [0, 0.05) is 25.9 Å². The van der Waals surface area contributed by atoms with Crippen LogP contribution in [-0.4, -0.2) is 57.6 Å². The van der Waals surface area contributed by atoms with Crippen molar-refractivity contribution < 1.29 is 22.8 Å². The molecule has 3 amide bonds. The maximum Gasteiger partial charge on any atom is 0.242 e. The van der Waals surface area contributed by atoms with E-state index < -0.39 is 40.1 Å². The van der Waals surface area contributed by atoms with Gasteiger partial charge in [0.1, 0.15) is 12.6 Å². The van der Waals surface area contributed by atoms with Crippen molar-refractivity contribution in [3.63, 3.8) is 0 Å². The summed E-state index contributed by atoms with van der Waals surface area (Å²) in [6, 6.07) is 14.4. The number of anilines is 1. The van der Waals surface area contributed by atoms with E-state index in [0.717, 1.165) is 10.5 Å². The first-order valence-corrected chi connectivity index (χ1v) is 11.9. The third kappa shape index (κ3) is 5.71. The average Bonchev–Trinajstić information content (AvgIpc) is 2.88. The number of hydrogen-bond donors (Lipinski definition) is 3. The number of carbonyl (C=O) groups excluding carboxylic acids is 3. The van der Waals surface area contributed by atoms with E-state index in [9.17, 15) is 22.8 Å². The molecule has 2 aromatic rings. The average molecular weight is 459 g/mol. The Bertz CT molecular complexity index is 1090. The van der Waals surface area contributed by atoms with Gasteiger partial charge in [-0.05, 0) is 17.7 Å². The van der Waals surface area contributed by atoms with E-state index in [2.05, 4.69) is 10.6 Å². The lowest BCUT2D eigenvalue weighted by atomic mass is 10.1. The SMILES string of the molecule is NCCNC(=O)[C@@H](Cc1ccccc1)NC(=O)CN1C(=O)CCS(=O)(=O)c2ccccc21. The number of fused-ring (bicyclic) bond motifs is 1. The molecule has 2 aromatic carbocycles. The van der Waals surface area contributed by atoms with Gasteiger partial charge < -0.3 is 21.3 Å². The largest absolute Gasteiger partial charge is 0.353 e. The van der Waals surface area contributed by atoms with Crippen molar-refractivity contribution in [2.45, 2.75) is 23.8 Å². The molecule has 4 N–H and O–H groups in total. The predicted molar refractivity (Wildman–Crippen MR) is 120 cm³/mol. The zero-order valence-corrected chi connectivity index (χ0v) is 18.3.